The molecule has 0 atom stereocenters. The van der Waals surface area contributed by atoms with Crippen LogP contribution in [-0.2, 0) is 4.74 Å². The number of rotatable bonds is 4. The Kier molecular flexibility index (Phi) is 4.82. The van der Waals surface area contributed by atoms with Crippen LogP contribution in [0.5, 0.6) is 0 Å². The van der Waals surface area contributed by atoms with Crippen molar-refractivity contribution in [3.05, 3.63) is 88.6 Å². The number of halogens is 1. The van der Waals surface area contributed by atoms with Crippen molar-refractivity contribution in [2.75, 3.05) is 23.4 Å². The van der Waals surface area contributed by atoms with Crippen LogP contribution in [-0.4, -0.2) is 29.7 Å². The maximum absolute atomic E-state index is 13.2. The number of aromatic nitrogens is 1. The summed E-state index contributed by atoms with van der Waals surface area (Å²) < 4.78 is 19.4. The molecule has 0 saturated carbocycles. The summed E-state index contributed by atoms with van der Waals surface area (Å²) in [6, 6.07) is 14.9. The normalized spacial score (nSPS) is 13.3. The zero-order chi connectivity index (χ0) is 20.4. The third-order valence-electron chi connectivity index (χ3n) is 4.48. The summed E-state index contributed by atoms with van der Waals surface area (Å²) in [4.78, 5) is 38.3. The van der Waals surface area contributed by atoms with Gasteiger partial charge in [-0.3, -0.25) is 19.1 Å². The minimum Gasteiger partial charge on any atom is -0.447 e. The molecule has 0 bridgehead atoms. The average Bonchev–Trinajstić information content (AvgIpc) is 3.15. The number of pyridine rings is 1. The zero-order valence-corrected chi connectivity index (χ0v) is 15.2. The van der Waals surface area contributed by atoms with Crippen molar-refractivity contribution in [3.63, 3.8) is 0 Å². The smallest absolute Gasteiger partial charge is 0.414 e. The molecule has 4 rings (SSSR count). The third-order valence-corrected chi connectivity index (χ3v) is 4.48. The second-order valence-electron chi connectivity index (χ2n) is 6.34. The molecule has 146 valence electrons. The molecule has 1 aliphatic rings. The van der Waals surface area contributed by atoms with E-state index in [-0.39, 0.29) is 17.7 Å². The van der Waals surface area contributed by atoms with Crippen molar-refractivity contribution >= 4 is 23.4 Å². The molecule has 0 spiro atoms. The Morgan fingerprint density at radius 3 is 2.48 bits per heavy atom. The van der Waals surface area contributed by atoms with Crippen LogP contribution >= 0.6 is 0 Å². The number of ether oxygens (including phenoxy) is 1. The molecule has 1 aromatic heterocycles. The first kappa shape index (κ1) is 18.4. The lowest BCUT2D eigenvalue weighted by Gasteiger charge is -2.18. The number of benzene rings is 2. The Balaban J connectivity index is 1.63. The van der Waals surface area contributed by atoms with E-state index in [1.807, 2.05) is 0 Å². The number of cyclic esters (lactones) is 1. The minimum atomic E-state index is -0.475. The van der Waals surface area contributed by atoms with Gasteiger partial charge in [0.15, 0.2) is 0 Å². The second-order valence-corrected chi connectivity index (χ2v) is 6.34. The number of nitrogens with zero attached hydrogens (tertiary/aromatic N) is 2. The van der Waals surface area contributed by atoms with Gasteiger partial charge in [-0.05, 0) is 42.5 Å². The van der Waals surface area contributed by atoms with E-state index in [1.54, 1.807) is 24.3 Å². The van der Waals surface area contributed by atoms with Crippen molar-refractivity contribution < 1.29 is 18.7 Å². The molecule has 29 heavy (non-hydrogen) atoms. The van der Waals surface area contributed by atoms with Crippen molar-refractivity contribution in [1.29, 1.82) is 0 Å². The number of amides is 2. The number of hydrogen-bond acceptors (Lipinski definition) is 4. The highest BCUT2D eigenvalue weighted by Gasteiger charge is 2.26. The summed E-state index contributed by atoms with van der Waals surface area (Å²) in [5.74, 6) is -0.881. The van der Waals surface area contributed by atoms with Gasteiger partial charge in [0.05, 0.1) is 23.5 Å². The van der Waals surface area contributed by atoms with E-state index < -0.39 is 17.8 Å². The van der Waals surface area contributed by atoms with E-state index in [0.29, 0.717) is 23.6 Å². The Morgan fingerprint density at radius 1 is 1.00 bits per heavy atom. The molecule has 1 aliphatic heterocycles. The fourth-order valence-corrected chi connectivity index (χ4v) is 3.05. The lowest BCUT2D eigenvalue weighted by Crippen LogP contribution is -2.26. The lowest BCUT2D eigenvalue weighted by atomic mass is 10.2. The molecule has 1 fully saturated rings. The highest BCUT2D eigenvalue weighted by molar-refractivity contribution is 6.07. The standard InChI is InChI=1S/C21H16FN3O4/c22-15-6-8-16(9-7-15)25-13-14(5-10-19(25)26)20(27)23-17-3-1-2-4-18(17)24-11-12-29-21(24)28/h1-10,13H,11-12H2,(H,23,27). The van der Waals surface area contributed by atoms with E-state index in [2.05, 4.69) is 5.32 Å². The molecule has 3 aromatic rings. The molecule has 0 aliphatic carbocycles. The predicted molar refractivity (Wildman–Crippen MR) is 105 cm³/mol. The summed E-state index contributed by atoms with van der Waals surface area (Å²) in [6.07, 6.45) is 0.911. The van der Waals surface area contributed by atoms with E-state index in [1.165, 1.54) is 52.1 Å². The number of carbonyl (C=O) groups is 2. The van der Waals surface area contributed by atoms with Crippen molar-refractivity contribution in [2.24, 2.45) is 0 Å². The highest BCUT2D eigenvalue weighted by Crippen LogP contribution is 2.28. The van der Waals surface area contributed by atoms with Crippen LogP contribution in [0.15, 0.2) is 71.7 Å². The Hall–Kier alpha value is -3.94. The van der Waals surface area contributed by atoms with Crippen molar-refractivity contribution in [2.45, 2.75) is 0 Å². The first-order valence-corrected chi connectivity index (χ1v) is 8.86. The Morgan fingerprint density at radius 2 is 1.76 bits per heavy atom. The van der Waals surface area contributed by atoms with Crippen LogP contribution in [0.25, 0.3) is 5.69 Å². The number of para-hydroxylation sites is 2. The maximum atomic E-state index is 13.2. The average molecular weight is 393 g/mol. The Bertz CT molecular complexity index is 1140. The summed E-state index contributed by atoms with van der Waals surface area (Å²) in [7, 11) is 0. The van der Waals surface area contributed by atoms with E-state index >= 15 is 0 Å². The highest BCUT2D eigenvalue weighted by atomic mass is 19.1. The van der Waals surface area contributed by atoms with Gasteiger partial charge >= 0.3 is 6.09 Å². The van der Waals surface area contributed by atoms with Crippen LogP contribution in [0, 0.1) is 5.82 Å². The van der Waals surface area contributed by atoms with Crippen LogP contribution in [0.2, 0.25) is 0 Å². The number of anilines is 2. The molecule has 1 N–H and O–H groups in total. The molecule has 8 heteroatoms. The van der Waals surface area contributed by atoms with Gasteiger partial charge in [-0.2, -0.15) is 0 Å². The largest absolute Gasteiger partial charge is 0.447 e. The van der Waals surface area contributed by atoms with Gasteiger partial charge in [0.25, 0.3) is 11.5 Å². The number of carbonyl (C=O) groups excluding carboxylic acids is 2. The SMILES string of the molecule is O=C(Nc1ccccc1N1CCOC1=O)c1ccc(=O)n(-c2ccc(F)cc2)c1. The van der Waals surface area contributed by atoms with Crippen LogP contribution in [0.1, 0.15) is 10.4 Å². The molecule has 2 amide bonds. The predicted octanol–water partition coefficient (Wildman–Crippen LogP) is 3.19. The summed E-state index contributed by atoms with van der Waals surface area (Å²) >= 11 is 0. The maximum Gasteiger partial charge on any atom is 0.414 e. The van der Waals surface area contributed by atoms with E-state index in [0.717, 1.165) is 0 Å². The van der Waals surface area contributed by atoms with Crippen molar-refractivity contribution in [1.82, 2.24) is 4.57 Å². The van der Waals surface area contributed by atoms with E-state index in [9.17, 15) is 18.8 Å². The van der Waals surface area contributed by atoms with Gasteiger partial charge < -0.3 is 10.1 Å². The van der Waals surface area contributed by atoms with Gasteiger partial charge in [0.1, 0.15) is 12.4 Å². The summed E-state index contributed by atoms with van der Waals surface area (Å²) in [5, 5.41) is 2.77. The van der Waals surface area contributed by atoms with E-state index in [4.69, 9.17) is 4.74 Å². The molecule has 2 heterocycles. The van der Waals surface area contributed by atoms with Gasteiger partial charge in [-0.1, -0.05) is 12.1 Å². The summed E-state index contributed by atoms with van der Waals surface area (Å²) in [6.45, 7) is 0.672. The first-order chi connectivity index (χ1) is 14.0. The zero-order valence-electron chi connectivity index (χ0n) is 15.2. The molecule has 2 aromatic carbocycles. The fraction of sp³-hybridized carbons (Fsp3) is 0.0952. The number of hydrogen-bond donors (Lipinski definition) is 1. The lowest BCUT2D eigenvalue weighted by molar-refractivity contribution is 0.102. The topological polar surface area (TPSA) is 80.6 Å². The van der Waals surface area contributed by atoms with Gasteiger partial charge in [0, 0.05) is 18.0 Å². The Labute approximate surface area is 165 Å². The second kappa shape index (κ2) is 7.59. The van der Waals surface area contributed by atoms with Crippen molar-refractivity contribution in [3.8, 4) is 5.69 Å². The molecule has 1 saturated heterocycles. The first-order valence-electron chi connectivity index (χ1n) is 8.86. The van der Waals surface area contributed by atoms with Crippen LogP contribution in [0.3, 0.4) is 0 Å². The molecular formula is C21H16FN3O4. The minimum absolute atomic E-state index is 0.229. The summed E-state index contributed by atoms with van der Waals surface area (Å²) in [5.41, 5.74) is 1.28. The third kappa shape index (κ3) is 3.73. The number of nitrogens with one attached hydrogen (secondary N) is 1. The molecule has 0 radical (unpaired) electrons. The van der Waals surface area contributed by atoms with Gasteiger partial charge in [0.2, 0.25) is 0 Å². The molecular weight excluding hydrogens is 377 g/mol. The monoisotopic (exact) mass is 393 g/mol. The molecule has 0 unspecified atom stereocenters. The quantitative estimate of drug-likeness (QED) is 0.738. The van der Waals surface area contributed by atoms with Gasteiger partial charge in [-0.15, -0.1) is 0 Å². The van der Waals surface area contributed by atoms with Crippen LogP contribution in [0.4, 0.5) is 20.6 Å². The van der Waals surface area contributed by atoms with Crippen LogP contribution < -0.4 is 15.8 Å². The molecule has 7 nitrogen and oxygen atoms in total. The fourth-order valence-electron chi connectivity index (χ4n) is 3.05. The van der Waals surface area contributed by atoms with Gasteiger partial charge in [-0.25, -0.2) is 9.18 Å².